The normalized spacial score (nSPS) is 21.7. The van der Waals surface area contributed by atoms with Crippen LogP contribution < -0.4 is 5.32 Å². The number of benzene rings is 2. The van der Waals surface area contributed by atoms with E-state index in [2.05, 4.69) is 14.8 Å². The van der Waals surface area contributed by atoms with E-state index in [9.17, 15) is 17.2 Å². The molecule has 1 N–H and O–H groups in total. The summed E-state index contributed by atoms with van der Waals surface area (Å²) in [5.41, 5.74) is 2.56. The van der Waals surface area contributed by atoms with Crippen molar-refractivity contribution in [2.75, 3.05) is 26.7 Å². The molecule has 0 amide bonds. The third-order valence-corrected chi connectivity index (χ3v) is 7.23. The Morgan fingerprint density at radius 3 is 2.52 bits per heavy atom. The molecule has 0 aliphatic carbocycles. The Morgan fingerprint density at radius 2 is 1.88 bits per heavy atom. The monoisotopic (exact) mass is 495 g/mol. The highest BCUT2D eigenvalue weighted by Gasteiger charge is 2.40. The summed E-state index contributed by atoms with van der Waals surface area (Å²) in [6.45, 7) is -0.542. The Labute approximate surface area is 196 Å². The molecule has 7 nitrogen and oxygen atoms in total. The van der Waals surface area contributed by atoms with Gasteiger partial charge in [0.25, 0.3) is 5.92 Å². The van der Waals surface area contributed by atoms with Crippen molar-refractivity contribution >= 4 is 33.5 Å². The number of nitrogens with zero attached hydrogens (tertiary/aromatic N) is 4. The lowest BCUT2D eigenvalue weighted by molar-refractivity contribution is -0.0434. The molecule has 4 rings (SSSR count). The molecular formula is C22H24ClF2N5O2S. The fourth-order valence-corrected chi connectivity index (χ4v) is 5.34. The van der Waals surface area contributed by atoms with Gasteiger partial charge in [0, 0.05) is 31.0 Å². The predicted octanol–water partition coefficient (Wildman–Crippen LogP) is 3.69. The first-order valence-electron chi connectivity index (χ1n) is 10.5. The molecule has 176 valence electrons. The molecule has 2 aromatic rings. The van der Waals surface area contributed by atoms with Gasteiger partial charge in [0.05, 0.1) is 18.8 Å². The van der Waals surface area contributed by atoms with Gasteiger partial charge in [0.15, 0.2) is 0 Å². The quantitative estimate of drug-likeness (QED) is 0.518. The first-order chi connectivity index (χ1) is 15.7. The van der Waals surface area contributed by atoms with E-state index < -0.39 is 22.7 Å². The molecular weight excluding hydrogens is 472 g/mol. The Balaban J connectivity index is 1.68. The van der Waals surface area contributed by atoms with Crippen LogP contribution in [0.3, 0.4) is 0 Å². The van der Waals surface area contributed by atoms with Crippen LogP contribution in [-0.4, -0.2) is 62.0 Å². The van der Waals surface area contributed by atoms with E-state index in [1.54, 1.807) is 12.1 Å². The van der Waals surface area contributed by atoms with Gasteiger partial charge < -0.3 is 5.32 Å². The lowest BCUT2D eigenvalue weighted by Crippen LogP contribution is -2.46. The lowest BCUT2D eigenvalue weighted by atomic mass is 9.91. The van der Waals surface area contributed by atoms with Crippen LogP contribution in [0.5, 0.6) is 0 Å². The van der Waals surface area contributed by atoms with E-state index in [1.165, 1.54) is 12.1 Å². The van der Waals surface area contributed by atoms with E-state index in [0.29, 0.717) is 11.6 Å². The van der Waals surface area contributed by atoms with E-state index in [-0.39, 0.29) is 31.3 Å². The van der Waals surface area contributed by atoms with Crippen molar-refractivity contribution in [3.63, 3.8) is 0 Å². The number of hydrazone groups is 1. The maximum atomic E-state index is 13.8. The van der Waals surface area contributed by atoms with Crippen LogP contribution in [0.1, 0.15) is 29.9 Å². The lowest BCUT2D eigenvalue weighted by Gasteiger charge is -2.30. The van der Waals surface area contributed by atoms with Gasteiger partial charge in [0.2, 0.25) is 5.96 Å². The first-order valence-corrected chi connectivity index (χ1v) is 12.3. The molecule has 1 unspecified atom stereocenters. The van der Waals surface area contributed by atoms with Gasteiger partial charge in [-0.1, -0.05) is 54.1 Å². The number of guanidine groups is 1. The summed E-state index contributed by atoms with van der Waals surface area (Å²) in [5, 5.41) is 9.47. The van der Waals surface area contributed by atoms with Gasteiger partial charge in [-0.05, 0) is 29.7 Å². The van der Waals surface area contributed by atoms with Crippen LogP contribution >= 0.6 is 11.6 Å². The van der Waals surface area contributed by atoms with Gasteiger partial charge >= 0.3 is 10.2 Å². The average Bonchev–Trinajstić information content (AvgIpc) is 3.23. The number of rotatable bonds is 4. The van der Waals surface area contributed by atoms with Gasteiger partial charge in [0.1, 0.15) is 0 Å². The van der Waals surface area contributed by atoms with Crippen molar-refractivity contribution in [3.8, 4) is 0 Å². The van der Waals surface area contributed by atoms with Crippen LogP contribution in [0.4, 0.5) is 8.78 Å². The van der Waals surface area contributed by atoms with E-state index in [0.717, 1.165) is 21.1 Å². The third kappa shape index (κ3) is 5.34. The van der Waals surface area contributed by atoms with Crippen LogP contribution in [0, 0.1) is 0 Å². The minimum atomic E-state index is -4.32. The number of piperidine rings is 1. The average molecular weight is 496 g/mol. The molecule has 11 heteroatoms. The number of alkyl halides is 2. The molecule has 1 saturated heterocycles. The molecule has 0 spiro atoms. The maximum Gasteiger partial charge on any atom is 0.325 e. The number of hydrogen-bond donors (Lipinski definition) is 1. The topological polar surface area (TPSA) is 77.4 Å². The number of halogens is 3. The zero-order chi connectivity index (χ0) is 23.6. The summed E-state index contributed by atoms with van der Waals surface area (Å²) in [5.74, 6) is -3.26. The number of nitrogens with one attached hydrogen (secondary N) is 1. The zero-order valence-corrected chi connectivity index (χ0v) is 19.5. The van der Waals surface area contributed by atoms with Crippen molar-refractivity contribution in [1.29, 1.82) is 0 Å². The van der Waals surface area contributed by atoms with Gasteiger partial charge in [-0.15, -0.1) is 4.40 Å². The highest BCUT2D eigenvalue weighted by molar-refractivity contribution is 7.87. The summed E-state index contributed by atoms with van der Waals surface area (Å²) in [6.07, 6.45) is -0.253. The van der Waals surface area contributed by atoms with Crippen LogP contribution in [0.15, 0.2) is 64.1 Å². The fraction of sp³-hybridized carbons (Fsp3) is 0.364. The molecule has 0 aromatic heterocycles. The van der Waals surface area contributed by atoms with Crippen molar-refractivity contribution < 1.29 is 17.2 Å². The standard InChI is InChI=1S/C22H24ClF2N5O2S/c1-26-21(28-33(31,32)29-13-5-12-22(24,25)15-29)30-14-19(16-6-3-2-4-7-16)20(27-30)17-8-10-18(23)11-9-17/h2-4,6-11,19H,5,12-15H2,1H3,(H,26,28). The Bertz CT molecular complexity index is 1160. The van der Waals surface area contributed by atoms with Crippen molar-refractivity contribution in [1.82, 2.24) is 14.6 Å². The summed E-state index contributed by atoms with van der Waals surface area (Å²) >= 11 is 6.04. The minimum Gasteiger partial charge on any atom is -0.357 e. The first kappa shape index (κ1) is 23.6. The highest BCUT2D eigenvalue weighted by atomic mass is 35.5. The predicted molar refractivity (Wildman–Crippen MR) is 125 cm³/mol. The smallest absolute Gasteiger partial charge is 0.325 e. The molecule has 2 aromatic carbocycles. The fourth-order valence-electron chi connectivity index (χ4n) is 3.98. The summed E-state index contributed by atoms with van der Waals surface area (Å²) in [6, 6.07) is 16.9. The second-order valence-corrected chi connectivity index (χ2v) is 10.0. The molecule has 0 bridgehead atoms. The molecule has 1 atom stereocenters. The Morgan fingerprint density at radius 1 is 1.18 bits per heavy atom. The summed E-state index contributed by atoms with van der Waals surface area (Å²) in [7, 11) is -2.80. The van der Waals surface area contributed by atoms with E-state index >= 15 is 0 Å². The molecule has 33 heavy (non-hydrogen) atoms. The third-order valence-electron chi connectivity index (χ3n) is 5.61. The minimum absolute atomic E-state index is 0.00432. The summed E-state index contributed by atoms with van der Waals surface area (Å²) in [4.78, 5) is 0. The second kappa shape index (κ2) is 9.36. The molecule has 0 radical (unpaired) electrons. The molecule has 0 saturated carbocycles. The highest BCUT2D eigenvalue weighted by Crippen LogP contribution is 2.31. The second-order valence-electron chi connectivity index (χ2n) is 7.97. The zero-order valence-electron chi connectivity index (χ0n) is 18.0. The van der Waals surface area contributed by atoms with E-state index in [4.69, 9.17) is 11.6 Å². The Kier molecular flexibility index (Phi) is 6.69. The van der Waals surface area contributed by atoms with Crippen molar-refractivity contribution in [2.24, 2.45) is 9.50 Å². The van der Waals surface area contributed by atoms with Crippen molar-refractivity contribution in [2.45, 2.75) is 24.7 Å². The maximum absolute atomic E-state index is 13.8. The van der Waals surface area contributed by atoms with Crippen LogP contribution in [0.25, 0.3) is 0 Å². The van der Waals surface area contributed by atoms with Crippen LogP contribution in [0.2, 0.25) is 5.02 Å². The Hall–Kier alpha value is -2.56. The van der Waals surface area contributed by atoms with Gasteiger partial charge in [-0.2, -0.15) is 17.8 Å². The van der Waals surface area contributed by atoms with Crippen molar-refractivity contribution in [3.05, 3.63) is 70.7 Å². The largest absolute Gasteiger partial charge is 0.357 e. The number of hydrogen-bond acceptors (Lipinski definition) is 3. The molecule has 2 aliphatic heterocycles. The van der Waals surface area contributed by atoms with Crippen LogP contribution in [-0.2, 0) is 10.2 Å². The van der Waals surface area contributed by atoms with Gasteiger partial charge in [-0.3, -0.25) is 0 Å². The molecule has 1 fully saturated rings. The van der Waals surface area contributed by atoms with Gasteiger partial charge in [-0.25, -0.2) is 13.8 Å². The van der Waals surface area contributed by atoms with E-state index in [1.807, 2.05) is 42.5 Å². The molecule has 2 aliphatic rings. The molecule has 2 heterocycles. The SMILES string of the molecule is CNC(=NS(=O)(=O)N1CCCC(F)(F)C1)N1CC(c2ccccc2)C(c2ccc(Cl)cc2)=N1. The summed E-state index contributed by atoms with van der Waals surface area (Å²) < 4.78 is 57.8.